The third-order valence-corrected chi connectivity index (χ3v) is 2.43. The molecule has 0 aliphatic rings. The van der Waals surface area contributed by atoms with Crippen molar-refractivity contribution in [1.29, 1.82) is 0 Å². The van der Waals surface area contributed by atoms with E-state index in [1.807, 2.05) is 31.2 Å². The fourth-order valence-corrected chi connectivity index (χ4v) is 1.58. The number of likely N-dealkylation sites (N-methyl/N-ethyl adjacent to an activating group) is 1. The Balaban J connectivity index is 2.79. The van der Waals surface area contributed by atoms with Gasteiger partial charge < -0.3 is 15.8 Å². The molecule has 2 unspecified atom stereocenters. The molecule has 17 heavy (non-hydrogen) atoms. The summed E-state index contributed by atoms with van der Waals surface area (Å²) in [6.45, 7) is 3.67. The van der Waals surface area contributed by atoms with Crippen molar-refractivity contribution in [2.45, 2.75) is 32.4 Å². The number of hydrogen-bond donors (Lipinski definition) is 2. The van der Waals surface area contributed by atoms with Crippen LogP contribution in [0.25, 0.3) is 0 Å². The van der Waals surface area contributed by atoms with Crippen molar-refractivity contribution in [3.63, 3.8) is 0 Å². The van der Waals surface area contributed by atoms with E-state index in [4.69, 9.17) is 10.5 Å². The molecule has 0 aliphatic heterocycles. The molecule has 0 aliphatic carbocycles. The Labute approximate surface area is 102 Å². The summed E-state index contributed by atoms with van der Waals surface area (Å²) in [6, 6.07) is 7.72. The van der Waals surface area contributed by atoms with E-state index in [1.165, 1.54) is 0 Å². The van der Waals surface area contributed by atoms with Gasteiger partial charge in [0.1, 0.15) is 5.75 Å². The van der Waals surface area contributed by atoms with Gasteiger partial charge in [-0.1, -0.05) is 18.2 Å². The van der Waals surface area contributed by atoms with Gasteiger partial charge in [-0.25, -0.2) is 0 Å². The van der Waals surface area contributed by atoms with Crippen LogP contribution in [0.1, 0.15) is 19.4 Å². The second-order valence-corrected chi connectivity index (χ2v) is 4.16. The molecule has 0 aromatic heterocycles. The fraction of sp³-hybridized carbons (Fsp3) is 0.462. The lowest BCUT2D eigenvalue weighted by Crippen LogP contribution is -2.34. The van der Waals surface area contributed by atoms with Gasteiger partial charge >= 0.3 is 0 Å². The molecule has 2 atom stereocenters. The molecule has 4 heteroatoms. The van der Waals surface area contributed by atoms with Gasteiger partial charge in [0.2, 0.25) is 0 Å². The number of benzene rings is 1. The highest BCUT2D eigenvalue weighted by molar-refractivity contribution is 5.80. The van der Waals surface area contributed by atoms with Crippen LogP contribution >= 0.6 is 0 Å². The number of para-hydroxylation sites is 1. The molecule has 3 N–H and O–H groups in total. The Kier molecular flexibility index (Phi) is 4.97. The highest BCUT2D eigenvalue weighted by Gasteiger charge is 2.14. The van der Waals surface area contributed by atoms with Crippen LogP contribution in [0.5, 0.6) is 5.75 Å². The molecule has 1 aromatic rings. The fourth-order valence-electron chi connectivity index (χ4n) is 1.58. The van der Waals surface area contributed by atoms with E-state index < -0.39 is 6.10 Å². The first-order chi connectivity index (χ1) is 8.04. The first-order valence-electron chi connectivity index (χ1n) is 5.76. The monoisotopic (exact) mass is 236 g/mol. The molecule has 0 bridgehead atoms. The van der Waals surface area contributed by atoms with Gasteiger partial charge in [-0.05, 0) is 31.9 Å². The number of nitrogens with two attached hydrogens (primary N) is 1. The summed E-state index contributed by atoms with van der Waals surface area (Å²) >= 11 is 0. The SMILES string of the molecule is CNC(=O)C(C)Oc1ccccc1CC(C)N. The molecule has 1 rings (SSSR count). The largest absolute Gasteiger partial charge is 0.481 e. The molecule has 0 heterocycles. The molecule has 0 saturated heterocycles. The summed E-state index contributed by atoms with van der Waals surface area (Å²) in [5.41, 5.74) is 6.80. The molecule has 0 radical (unpaired) electrons. The van der Waals surface area contributed by atoms with Crippen molar-refractivity contribution >= 4 is 5.91 Å². The van der Waals surface area contributed by atoms with Gasteiger partial charge in [-0.15, -0.1) is 0 Å². The third-order valence-electron chi connectivity index (χ3n) is 2.43. The lowest BCUT2D eigenvalue weighted by Gasteiger charge is -2.17. The van der Waals surface area contributed by atoms with E-state index in [1.54, 1.807) is 14.0 Å². The van der Waals surface area contributed by atoms with E-state index >= 15 is 0 Å². The van der Waals surface area contributed by atoms with Crippen LogP contribution in [0.3, 0.4) is 0 Å². The minimum Gasteiger partial charge on any atom is -0.481 e. The molecular formula is C13H20N2O2. The average molecular weight is 236 g/mol. The van der Waals surface area contributed by atoms with Gasteiger partial charge in [-0.3, -0.25) is 4.79 Å². The number of amides is 1. The Morgan fingerprint density at radius 3 is 2.65 bits per heavy atom. The number of carbonyl (C=O) groups excluding carboxylic acids is 1. The first kappa shape index (κ1) is 13.5. The number of ether oxygens (including phenoxy) is 1. The Morgan fingerprint density at radius 1 is 1.41 bits per heavy atom. The summed E-state index contributed by atoms with van der Waals surface area (Å²) in [5.74, 6) is 0.585. The van der Waals surface area contributed by atoms with Crippen LogP contribution in [0, 0.1) is 0 Å². The molecule has 1 amide bonds. The minimum absolute atomic E-state index is 0.0649. The third kappa shape index (κ3) is 4.07. The quantitative estimate of drug-likeness (QED) is 0.804. The maximum absolute atomic E-state index is 11.4. The average Bonchev–Trinajstić information content (AvgIpc) is 2.29. The van der Waals surface area contributed by atoms with Crippen LogP contribution in [0.15, 0.2) is 24.3 Å². The van der Waals surface area contributed by atoms with Gasteiger partial charge in [-0.2, -0.15) is 0 Å². The Morgan fingerprint density at radius 2 is 2.06 bits per heavy atom. The molecule has 1 aromatic carbocycles. The van der Waals surface area contributed by atoms with E-state index in [0.717, 1.165) is 17.7 Å². The van der Waals surface area contributed by atoms with Crippen LogP contribution < -0.4 is 15.8 Å². The molecule has 94 valence electrons. The lowest BCUT2D eigenvalue weighted by atomic mass is 10.1. The zero-order chi connectivity index (χ0) is 12.8. The number of carbonyl (C=O) groups is 1. The van der Waals surface area contributed by atoms with Crippen molar-refractivity contribution in [3.8, 4) is 5.75 Å². The second-order valence-electron chi connectivity index (χ2n) is 4.16. The summed E-state index contributed by atoms with van der Waals surface area (Å²) < 4.78 is 5.63. The predicted octanol–water partition coefficient (Wildman–Crippen LogP) is 1.09. The molecule has 0 spiro atoms. The van der Waals surface area contributed by atoms with E-state index in [-0.39, 0.29) is 11.9 Å². The molecule has 0 saturated carbocycles. The molecule has 4 nitrogen and oxygen atoms in total. The second kappa shape index (κ2) is 6.25. The number of hydrogen-bond acceptors (Lipinski definition) is 3. The Hall–Kier alpha value is -1.55. The van der Waals surface area contributed by atoms with Crippen LogP contribution in [-0.4, -0.2) is 25.1 Å². The lowest BCUT2D eigenvalue weighted by molar-refractivity contribution is -0.126. The van der Waals surface area contributed by atoms with Gasteiger partial charge in [0, 0.05) is 13.1 Å². The highest BCUT2D eigenvalue weighted by atomic mass is 16.5. The Bertz CT molecular complexity index is 377. The molecular weight excluding hydrogens is 216 g/mol. The smallest absolute Gasteiger partial charge is 0.260 e. The van der Waals surface area contributed by atoms with Crippen LogP contribution in [0.2, 0.25) is 0 Å². The zero-order valence-electron chi connectivity index (χ0n) is 10.6. The van der Waals surface area contributed by atoms with Crippen molar-refractivity contribution in [2.24, 2.45) is 5.73 Å². The minimum atomic E-state index is -0.505. The zero-order valence-corrected chi connectivity index (χ0v) is 10.6. The predicted molar refractivity (Wildman–Crippen MR) is 68.0 cm³/mol. The maximum atomic E-state index is 11.4. The van der Waals surface area contributed by atoms with Crippen molar-refractivity contribution in [1.82, 2.24) is 5.32 Å². The van der Waals surface area contributed by atoms with E-state index in [9.17, 15) is 4.79 Å². The van der Waals surface area contributed by atoms with Crippen molar-refractivity contribution in [3.05, 3.63) is 29.8 Å². The van der Waals surface area contributed by atoms with Gasteiger partial charge in [0.25, 0.3) is 5.91 Å². The van der Waals surface area contributed by atoms with Crippen LogP contribution in [0.4, 0.5) is 0 Å². The topological polar surface area (TPSA) is 64.3 Å². The van der Waals surface area contributed by atoms with Gasteiger partial charge in [0.15, 0.2) is 6.10 Å². The number of rotatable bonds is 5. The van der Waals surface area contributed by atoms with Crippen molar-refractivity contribution < 1.29 is 9.53 Å². The van der Waals surface area contributed by atoms with Crippen molar-refractivity contribution in [2.75, 3.05) is 7.05 Å². The summed E-state index contributed by atoms with van der Waals surface area (Å²) in [5, 5.41) is 2.56. The van der Waals surface area contributed by atoms with E-state index in [0.29, 0.717) is 0 Å². The van der Waals surface area contributed by atoms with Gasteiger partial charge in [0.05, 0.1) is 0 Å². The normalized spacial score (nSPS) is 13.9. The highest BCUT2D eigenvalue weighted by Crippen LogP contribution is 2.20. The standard InChI is InChI=1S/C13H20N2O2/c1-9(14)8-11-6-4-5-7-12(11)17-10(2)13(16)15-3/h4-7,9-10H,8,14H2,1-3H3,(H,15,16). The molecule has 0 fully saturated rings. The van der Waals surface area contributed by atoms with Crippen LogP contribution in [-0.2, 0) is 11.2 Å². The maximum Gasteiger partial charge on any atom is 0.260 e. The summed E-state index contributed by atoms with van der Waals surface area (Å²) in [7, 11) is 1.59. The summed E-state index contributed by atoms with van der Waals surface area (Å²) in [4.78, 5) is 11.4. The van der Waals surface area contributed by atoms with E-state index in [2.05, 4.69) is 5.32 Å². The number of nitrogens with one attached hydrogen (secondary N) is 1. The first-order valence-corrected chi connectivity index (χ1v) is 5.76. The summed E-state index contributed by atoms with van der Waals surface area (Å²) in [6.07, 6.45) is 0.227.